The van der Waals surface area contributed by atoms with Gasteiger partial charge in [0.1, 0.15) is 0 Å². The number of urea groups is 1. The second-order valence-corrected chi connectivity index (χ2v) is 9.59. The van der Waals surface area contributed by atoms with Crippen LogP contribution in [-0.2, 0) is 14.9 Å². The number of hydrogen-bond donors (Lipinski definition) is 1. The van der Waals surface area contributed by atoms with Gasteiger partial charge in [-0.1, -0.05) is 24.3 Å². The second-order valence-electron chi connectivity index (χ2n) is 9.59. The van der Waals surface area contributed by atoms with Crippen molar-refractivity contribution in [2.24, 2.45) is 5.92 Å². The highest BCUT2D eigenvalue weighted by molar-refractivity contribution is 5.77. The van der Waals surface area contributed by atoms with Crippen molar-refractivity contribution in [3.63, 3.8) is 0 Å². The molecule has 4 aliphatic rings. The number of hydrogen-bond acceptors (Lipinski definition) is 3. The van der Waals surface area contributed by atoms with Gasteiger partial charge in [-0.25, -0.2) is 4.79 Å². The molecule has 0 bridgehead atoms. The van der Waals surface area contributed by atoms with Gasteiger partial charge in [0.2, 0.25) is 5.91 Å². The first-order valence-corrected chi connectivity index (χ1v) is 11.6. The Kier molecular flexibility index (Phi) is 5.44. The zero-order valence-corrected chi connectivity index (χ0v) is 17.8. The van der Waals surface area contributed by atoms with Crippen molar-refractivity contribution in [2.45, 2.75) is 49.9 Å². The summed E-state index contributed by atoms with van der Waals surface area (Å²) >= 11 is 0. The van der Waals surface area contributed by atoms with E-state index in [4.69, 9.17) is 4.74 Å². The molecule has 1 aromatic rings. The molecule has 1 aromatic carbocycles. The summed E-state index contributed by atoms with van der Waals surface area (Å²) < 4.78 is 5.38. The summed E-state index contributed by atoms with van der Waals surface area (Å²) in [5.41, 5.74) is 2.88. The number of piperidine rings is 1. The molecule has 0 unspecified atom stereocenters. The molecule has 2 saturated heterocycles. The minimum Gasteiger partial charge on any atom is -0.378 e. The van der Waals surface area contributed by atoms with E-state index in [0.717, 1.165) is 38.9 Å². The maximum Gasteiger partial charge on any atom is 0.320 e. The monoisotopic (exact) mass is 411 g/mol. The Morgan fingerprint density at radius 3 is 2.47 bits per heavy atom. The number of likely N-dealkylation sites (tertiary alicyclic amines) is 1. The van der Waals surface area contributed by atoms with Crippen molar-refractivity contribution in [2.75, 3.05) is 45.9 Å². The third-order valence-electron chi connectivity index (χ3n) is 7.60. The third-order valence-corrected chi connectivity index (χ3v) is 7.60. The predicted octanol–water partition coefficient (Wildman–Crippen LogP) is 2.88. The van der Waals surface area contributed by atoms with Crippen LogP contribution in [0.2, 0.25) is 0 Å². The molecule has 3 fully saturated rings. The van der Waals surface area contributed by atoms with Crippen LogP contribution in [-0.4, -0.2) is 67.7 Å². The van der Waals surface area contributed by atoms with E-state index in [9.17, 15) is 9.59 Å². The number of carbonyl (C=O) groups is 2. The van der Waals surface area contributed by atoms with Crippen LogP contribution in [0, 0.1) is 5.92 Å². The number of fused-ring (bicyclic) bond motifs is 2. The highest BCUT2D eigenvalue weighted by Gasteiger charge is 2.46. The molecule has 1 atom stereocenters. The molecule has 2 aliphatic heterocycles. The molecule has 1 spiro atoms. The van der Waals surface area contributed by atoms with Gasteiger partial charge in [-0.15, -0.1) is 0 Å². The number of carbonyl (C=O) groups excluding carboxylic acids is 2. The molecule has 30 heavy (non-hydrogen) atoms. The molecule has 6 heteroatoms. The molecule has 0 aromatic heterocycles. The van der Waals surface area contributed by atoms with E-state index in [1.165, 1.54) is 24.0 Å². The Morgan fingerprint density at radius 2 is 1.73 bits per heavy atom. The summed E-state index contributed by atoms with van der Waals surface area (Å²) in [6, 6.07) is 8.87. The van der Waals surface area contributed by atoms with E-state index >= 15 is 0 Å². The molecule has 5 rings (SSSR count). The van der Waals surface area contributed by atoms with E-state index in [1.54, 1.807) is 0 Å². The van der Waals surface area contributed by atoms with Crippen molar-refractivity contribution in [3.05, 3.63) is 35.4 Å². The van der Waals surface area contributed by atoms with E-state index in [-0.39, 0.29) is 17.4 Å². The Bertz CT molecular complexity index is 793. The molecule has 1 N–H and O–H groups in total. The first-order chi connectivity index (χ1) is 14.6. The summed E-state index contributed by atoms with van der Waals surface area (Å²) in [5.74, 6) is 1.20. The molecule has 2 aliphatic carbocycles. The lowest BCUT2D eigenvalue weighted by atomic mass is 9.73. The summed E-state index contributed by atoms with van der Waals surface area (Å²) in [5, 5.41) is 3.14. The average molecular weight is 412 g/mol. The largest absolute Gasteiger partial charge is 0.378 e. The summed E-state index contributed by atoms with van der Waals surface area (Å²) in [6.45, 7) is 5.11. The number of morpholine rings is 1. The third kappa shape index (κ3) is 3.94. The topological polar surface area (TPSA) is 61.9 Å². The van der Waals surface area contributed by atoms with Gasteiger partial charge in [0.15, 0.2) is 0 Å². The highest BCUT2D eigenvalue weighted by Crippen LogP contribution is 2.52. The van der Waals surface area contributed by atoms with Crippen LogP contribution in [0.5, 0.6) is 0 Å². The number of benzene rings is 1. The van der Waals surface area contributed by atoms with Crippen molar-refractivity contribution in [1.29, 1.82) is 0 Å². The molecule has 3 amide bonds. The highest BCUT2D eigenvalue weighted by atomic mass is 16.5. The van der Waals surface area contributed by atoms with Crippen LogP contribution in [0.3, 0.4) is 0 Å². The lowest BCUT2D eigenvalue weighted by Gasteiger charge is -2.42. The molecule has 2 heterocycles. The maximum absolute atomic E-state index is 12.9. The Labute approximate surface area is 178 Å². The molecule has 1 saturated carbocycles. The van der Waals surface area contributed by atoms with E-state index in [2.05, 4.69) is 29.6 Å². The fraction of sp³-hybridized carbons (Fsp3) is 0.667. The second kappa shape index (κ2) is 8.22. The zero-order valence-electron chi connectivity index (χ0n) is 17.8. The number of amides is 3. The van der Waals surface area contributed by atoms with E-state index < -0.39 is 0 Å². The van der Waals surface area contributed by atoms with Gasteiger partial charge < -0.3 is 19.9 Å². The Morgan fingerprint density at radius 1 is 1.03 bits per heavy atom. The van der Waals surface area contributed by atoms with Gasteiger partial charge in [0.05, 0.1) is 13.2 Å². The average Bonchev–Trinajstić information content (AvgIpc) is 3.58. The minimum absolute atomic E-state index is 0.111. The van der Waals surface area contributed by atoms with Crippen LogP contribution in [0.4, 0.5) is 4.79 Å². The van der Waals surface area contributed by atoms with Gasteiger partial charge in [0, 0.05) is 39.1 Å². The van der Waals surface area contributed by atoms with Crippen LogP contribution in [0.1, 0.15) is 55.6 Å². The van der Waals surface area contributed by atoms with E-state index in [1.807, 2.05) is 9.80 Å². The molecule has 0 radical (unpaired) electrons. The van der Waals surface area contributed by atoms with Crippen molar-refractivity contribution in [3.8, 4) is 0 Å². The van der Waals surface area contributed by atoms with Crippen LogP contribution < -0.4 is 5.32 Å². The fourth-order valence-electron chi connectivity index (χ4n) is 5.64. The first kappa shape index (κ1) is 19.9. The number of rotatable bonds is 4. The molecular formula is C24H33N3O3. The predicted molar refractivity (Wildman–Crippen MR) is 114 cm³/mol. The van der Waals surface area contributed by atoms with E-state index in [0.29, 0.717) is 44.6 Å². The quantitative estimate of drug-likeness (QED) is 0.829. The van der Waals surface area contributed by atoms with Crippen LogP contribution in [0.25, 0.3) is 0 Å². The van der Waals surface area contributed by atoms with Crippen molar-refractivity contribution in [1.82, 2.24) is 15.1 Å². The summed E-state index contributed by atoms with van der Waals surface area (Å²) in [4.78, 5) is 29.4. The van der Waals surface area contributed by atoms with Gasteiger partial charge >= 0.3 is 6.03 Å². The maximum atomic E-state index is 12.9. The first-order valence-electron chi connectivity index (χ1n) is 11.6. The Balaban J connectivity index is 1.24. The molecular weight excluding hydrogens is 378 g/mol. The summed E-state index contributed by atoms with van der Waals surface area (Å²) in [7, 11) is 0. The summed E-state index contributed by atoms with van der Waals surface area (Å²) in [6.07, 6.45) is 6.11. The number of ether oxygens (including phenoxy) is 1. The fourth-order valence-corrected chi connectivity index (χ4v) is 5.64. The van der Waals surface area contributed by atoms with Crippen LogP contribution in [0.15, 0.2) is 24.3 Å². The number of nitrogens with one attached hydrogen (secondary N) is 1. The standard InChI is InChI=1S/C24H33N3O3/c28-22(25-17-18-5-6-18)15-19-16-24(21-4-2-1-3-20(19)21)7-9-26(10-8-24)23(29)27-11-13-30-14-12-27/h1-4,18-19H,5-17H2,(H,25,28)/t19-/m0/s1. The molecule has 6 nitrogen and oxygen atoms in total. The van der Waals surface area contributed by atoms with Crippen molar-refractivity contribution < 1.29 is 14.3 Å². The van der Waals surface area contributed by atoms with Gasteiger partial charge in [0.25, 0.3) is 0 Å². The van der Waals surface area contributed by atoms with Gasteiger partial charge in [-0.2, -0.15) is 0 Å². The lowest BCUT2D eigenvalue weighted by molar-refractivity contribution is -0.121. The van der Waals surface area contributed by atoms with Gasteiger partial charge in [-0.05, 0) is 60.5 Å². The molecule has 162 valence electrons. The minimum atomic E-state index is 0.111. The SMILES string of the molecule is O=C(C[C@H]1CC2(CCN(C(=O)N3CCOCC3)CC2)c2ccccc21)NCC1CC1. The van der Waals surface area contributed by atoms with Crippen LogP contribution >= 0.6 is 0 Å². The van der Waals surface area contributed by atoms with Crippen molar-refractivity contribution >= 4 is 11.9 Å². The Hall–Kier alpha value is -2.08. The number of nitrogens with zero attached hydrogens (tertiary/aromatic N) is 2. The van der Waals surface area contributed by atoms with Gasteiger partial charge in [-0.3, -0.25) is 4.79 Å². The lowest BCUT2D eigenvalue weighted by Crippen LogP contribution is -2.52. The zero-order chi connectivity index (χ0) is 20.6. The smallest absolute Gasteiger partial charge is 0.320 e. The normalized spacial score (nSPS) is 25.3.